The predicted octanol–water partition coefficient (Wildman–Crippen LogP) is 2.73. The zero-order valence-corrected chi connectivity index (χ0v) is 10.7. The van der Waals surface area contributed by atoms with E-state index in [9.17, 15) is 5.11 Å². The van der Waals surface area contributed by atoms with Crippen LogP contribution >= 0.6 is 23.2 Å². The smallest absolute Gasteiger partial charge is 0.139 e. The molecule has 0 aromatic heterocycles. The van der Waals surface area contributed by atoms with Gasteiger partial charge in [0, 0.05) is 22.7 Å². The van der Waals surface area contributed by atoms with Crippen molar-refractivity contribution in [2.24, 2.45) is 0 Å². The summed E-state index contributed by atoms with van der Waals surface area (Å²) in [6.07, 6.45) is 0. The third-order valence-electron chi connectivity index (χ3n) is 2.33. The summed E-state index contributed by atoms with van der Waals surface area (Å²) in [5.41, 5.74) is 0.623. The molecule has 0 aliphatic rings. The van der Waals surface area contributed by atoms with Crippen LogP contribution in [0.5, 0.6) is 5.75 Å². The van der Waals surface area contributed by atoms with Crippen molar-refractivity contribution >= 4 is 23.2 Å². The molecule has 0 amide bonds. The number of nitrogens with one attached hydrogen (secondary N) is 1. The number of hydrogen-bond donors (Lipinski definition) is 3. The van der Waals surface area contributed by atoms with Gasteiger partial charge in [0.15, 0.2) is 0 Å². The van der Waals surface area contributed by atoms with Gasteiger partial charge >= 0.3 is 0 Å². The summed E-state index contributed by atoms with van der Waals surface area (Å²) in [5, 5.41) is 22.5. The Morgan fingerprint density at radius 2 is 1.94 bits per heavy atom. The van der Waals surface area contributed by atoms with Crippen LogP contribution in [0.25, 0.3) is 0 Å². The van der Waals surface area contributed by atoms with Gasteiger partial charge < -0.3 is 15.5 Å². The minimum atomic E-state index is -0.140. The maximum absolute atomic E-state index is 9.78. The molecule has 0 saturated carbocycles. The molecular formula is C11H15Cl2NO2. The number of aromatic hydroxyl groups is 1. The van der Waals surface area contributed by atoms with Crippen molar-refractivity contribution < 1.29 is 10.2 Å². The molecule has 0 aliphatic heterocycles. The maximum Gasteiger partial charge on any atom is 0.139 e. The molecule has 0 bridgehead atoms. The van der Waals surface area contributed by atoms with E-state index in [0.717, 1.165) is 0 Å². The molecule has 5 heteroatoms. The quantitative estimate of drug-likeness (QED) is 0.783. The van der Waals surface area contributed by atoms with Crippen molar-refractivity contribution in [3.63, 3.8) is 0 Å². The zero-order chi connectivity index (χ0) is 12.3. The molecule has 3 nitrogen and oxygen atoms in total. The lowest BCUT2D eigenvalue weighted by Gasteiger charge is -2.20. The van der Waals surface area contributed by atoms with Crippen LogP contribution in [-0.2, 0) is 0 Å². The highest BCUT2D eigenvalue weighted by Crippen LogP contribution is 2.34. The summed E-state index contributed by atoms with van der Waals surface area (Å²) >= 11 is 11.7. The third-order valence-corrected chi connectivity index (χ3v) is 2.84. The molecular weight excluding hydrogens is 249 g/mol. The monoisotopic (exact) mass is 263 g/mol. The fourth-order valence-corrected chi connectivity index (χ4v) is 1.99. The van der Waals surface area contributed by atoms with Crippen LogP contribution in [0, 0.1) is 0 Å². The molecule has 2 unspecified atom stereocenters. The Balaban J connectivity index is 2.94. The van der Waals surface area contributed by atoms with E-state index in [1.54, 1.807) is 6.07 Å². The Labute approximate surface area is 105 Å². The lowest BCUT2D eigenvalue weighted by molar-refractivity contribution is 0.242. The van der Waals surface area contributed by atoms with Crippen LogP contribution in [0.15, 0.2) is 12.1 Å². The summed E-state index contributed by atoms with van der Waals surface area (Å²) in [4.78, 5) is 0. The molecule has 90 valence electrons. The van der Waals surface area contributed by atoms with E-state index in [4.69, 9.17) is 28.3 Å². The molecule has 0 aliphatic carbocycles. The van der Waals surface area contributed by atoms with Crippen molar-refractivity contribution in [3.05, 3.63) is 27.7 Å². The lowest BCUT2D eigenvalue weighted by Crippen LogP contribution is -2.31. The Morgan fingerprint density at radius 1 is 1.31 bits per heavy atom. The minimum Gasteiger partial charge on any atom is -0.506 e. The van der Waals surface area contributed by atoms with Gasteiger partial charge in [-0.1, -0.05) is 23.2 Å². The Morgan fingerprint density at radius 3 is 2.50 bits per heavy atom. The first-order valence-electron chi connectivity index (χ1n) is 5.00. The first kappa shape index (κ1) is 13.6. The van der Waals surface area contributed by atoms with E-state index < -0.39 is 0 Å². The topological polar surface area (TPSA) is 52.5 Å². The van der Waals surface area contributed by atoms with Crippen LogP contribution in [0.1, 0.15) is 25.5 Å². The van der Waals surface area contributed by atoms with Crippen molar-refractivity contribution in [2.45, 2.75) is 25.9 Å². The second-order valence-corrected chi connectivity index (χ2v) is 4.64. The van der Waals surface area contributed by atoms with Crippen LogP contribution in [0.2, 0.25) is 10.0 Å². The summed E-state index contributed by atoms with van der Waals surface area (Å²) in [6, 6.07) is 2.94. The molecule has 3 N–H and O–H groups in total. The van der Waals surface area contributed by atoms with Gasteiger partial charge in [-0.05, 0) is 26.0 Å². The Kier molecular flexibility index (Phi) is 4.87. The largest absolute Gasteiger partial charge is 0.506 e. The Hall–Kier alpha value is -0.480. The predicted molar refractivity (Wildman–Crippen MR) is 66.2 cm³/mol. The SMILES string of the molecule is CC(CO)NC(C)c1cc(Cl)cc(Cl)c1O. The van der Waals surface area contributed by atoms with Gasteiger partial charge in [0.25, 0.3) is 0 Å². The molecule has 1 aromatic rings. The summed E-state index contributed by atoms with van der Waals surface area (Å²) < 4.78 is 0. The fraction of sp³-hybridized carbons (Fsp3) is 0.455. The first-order valence-corrected chi connectivity index (χ1v) is 5.76. The van der Waals surface area contributed by atoms with Gasteiger partial charge in [-0.2, -0.15) is 0 Å². The summed E-state index contributed by atoms with van der Waals surface area (Å²) in [7, 11) is 0. The highest BCUT2D eigenvalue weighted by molar-refractivity contribution is 6.35. The molecule has 1 rings (SSSR count). The number of phenols is 1. The van der Waals surface area contributed by atoms with E-state index in [2.05, 4.69) is 5.32 Å². The van der Waals surface area contributed by atoms with Gasteiger partial charge in [0.05, 0.1) is 11.6 Å². The standard InChI is InChI=1S/C11H15Cl2NO2/c1-6(5-15)14-7(2)9-3-8(12)4-10(13)11(9)16/h3-4,6-7,14-16H,5H2,1-2H3. The lowest BCUT2D eigenvalue weighted by atomic mass is 10.1. The zero-order valence-electron chi connectivity index (χ0n) is 9.17. The van der Waals surface area contributed by atoms with Gasteiger partial charge in [-0.3, -0.25) is 0 Å². The van der Waals surface area contributed by atoms with Gasteiger partial charge in [0.1, 0.15) is 5.75 Å². The number of hydrogen-bond acceptors (Lipinski definition) is 3. The van der Waals surface area contributed by atoms with E-state index in [1.165, 1.54) is 6.07 Å². The molecule has 0 radical (unpaired) electrons. The van der Waals surface area contributed by atoms with Crippen LogP contribution < -0.4 is 5.32 Å². The summed E-state index contributed by atoms with van der Waals surface area (Å²) in [6.45, 7) is 3.74. The molecule has 1 aromatic carbocycles. The van der Waals surface area contributed by atoms with Crippen molar-refractivity contribution in [1.82, 2.24) is 5.32 Å². The van der Waals surface area contributed by atoms with Crippen LogP contribution in [0.3, 0.4) is 0 Å². The van der Waals surface area contributed by atoms with Gasteiger partial charge in [-0.25, -0.2) is 0 Å². The second-order valence-electron chi connectivity index (χ2n) is 3.80. The molecule has 0 heterocycles. The number of aliphatic hydroxyl groups excluding tert-OH is 1. The van der Waals surface area contributed by atoms with E-state index in [0.29, 0.717) is 10.6 Å². The van der Waals surface area contributed by atoms with E-state index >= 15 is 0 Å². The van der Waals surface area contributed by atoms with Crippen LogP contribution in [0.4, 0.5) is 0 Å². The number of halogens is 2. The van der Waals surface area contributed by atoms with Gasteiger partial charge in [0.2, 0.25) is 0 Å². The minimum absolute atomic E-state index is 0.0243. The number of aliphatic hydroxyl groups is 1. The number of benzene rings is 1. The molecule has 0 fully saturated rings. The van der Waals surface area contributed by atoms with Gasteiger partial charge in [-0.15, -0.1) is 0 Å². The van der Waals surface area contributed by atoms with Crippen LogP contribution in [-0.4, -0.2) is 22.9 Å². The molecule has 0 saturated heterocycles. The molecule has 0 spiro atoms. The number of rotatable bonds is 4. The van der Waals surface area contributed by atoms with E-state index in [-0.39, 0.29) is 29.5 Å². The molecule has 2 atom stereocenters. The average Bonchev–Trinajstić information content (AvgIpc) is 2.22. The second kappa shape index (κ2) is 5.73. The Bertz CT molecular complexity index is 371. The highest BCUT2D eigenvalue weighted by Gasteiger charge is 2.15. The first-order chi connectivity index (χ1) is 7.45. The highest BCUT2D eigenvalue weighted by atomic mass is 35.5. The average molecular weight is 264 g/mol. The normalized spacial score (nSPS) is 14.8. The summed E-state index contributed by atoms with van der Waals surface area (Å²) in [5.74, 6) is 0.0243. The molecule has 16 heavy (non-hydrogen) atoms. The van der Waals surface area contributed by atoms with Crippen molar-refractivity contribution in [1.29, 1.82) is 0 Å². The van der Waals surface area contributed by atoms with Crippen molar-refractivity contribution in [2.75, 3.05) is 6.61 Å². The third kappa shape index (κ3) is 3.25. The maximum atomic E-state index is 9.78. The van der Waals surface area contributed by atoms with Crippen molar-refractivity contribution in [3.8, 4) is 5.75 Å². The fourth-order valence-electron chi connectivity index (χ4n) is 1.49. The number of phenolic OH excluding ortho intramolecular Hbond substituents is 1. The van der Waals surface area contributed by atoms with E-state index in [1.807, 2.05) is 13.8 Å².